The van der Waals surface area contributed by atoms with E-state index in [0.717, 1.165) is 24.5 Å². The second kappa shape index (κ2) is 9.01. The van der Waals surface area contributed by atoms with Gasteiger partial charge in [-0.05, 0) is 24.3 Å². The van der Waals surface area contributed by atoms with Crippen LogP contribution in [-0.2, 0) is 24.2 Å². The molecule has 1 atom stereocenters. The highest BCUT2D eigenvalue weighted by Crippen LogP contribution is 2.30. The Labute approximate surface area is 181 Å². The van der Waals surface area contributed by atoms with Gasteiger partial charge in [0.15, 0.2) is 27.9 Å². The van der Waals surface area contributed by atoms with Crippen molar-refractivity contribution in [1.29, 1.82) is 0 Å². The number of fused-ring (bicyclic) bond motifs is 1. The molecule has 168 valence electrons. The average molecular weight is 464 g/mol. The molecule has 0 bridgehead atoms. The number of hydrogen-bond donors (Lipinski definition) is 1. The molecule has 0 aliphatic carbocycles. The Kier molecular flexibility index (Phi) is 6.39. The van der Waals surface area contributed by atoms with Gasteiger partial charge in [-0.3, -0.25) is 25.0 Å². The number of nitro benzene ring substituents is 1. The molecule has 2 amide bonds. The van der Waals surface area contributed by atoms with Gasteiger partial charge in [-0.25, -0.2) is 13.2 Å². The van der Waals surface area contributed by atoms with Crippen LogP contribution in [-0.4, -0.2) is 56.7 Å². The van der Waals surface area contributed by atoms with Gasteiger partial charge < -0.3 is 14.2 Å². The number of esters is 1. The number of nitrogens with zero attached hydrogens (tertiary/aromatic N) is 1. The molecule has 2 aromatic carbocycles. The highest BCUT2D eigenvalue weighted by Gasteiger charge is 2.29. The number of hydrogen-bond acceptors (Lipinski definition) is 10. The minimum absolute atomic E-state index is 0.133. The number of nitrogens with one attached hydrogen (secondary N) is 1. The predicted octanol–water partition coefficient (Wildman–Crippen LogP) is 0.638. The maximum absolute atomic E-state index is 12.2. The molecule has 1 aliphatic rings. The minimum atomic E-state index is -3.91. The number of benzene rings is 2. The van der Waals surface area contributed by atoms with Gasteiger partial charge in [0.05, 0.1) is 10.5 Å². The van der Waals surface area contributed by atoms with Crippen molar-refractivity contribution in [1.82, 2.24) is 5.32 Å². The summed E-state index contributed by atoms with van der Waals surface area (Å²) in [6.45, 7) is -0.997. The monoisotopic (exact) mass is 464 g/mol. The number of carbonyl (C=O) groups excluding carboxylic acids is 3. The Balaban J connectivity index is 1.58. The standard InChI is InChI=1S/C19H16N2O10S/c1-32(27,28)16-7-6-11(8-12(16)21(25)26)19(24)30-10-17(22)20-18(23)15-9-29-13-4-2-3-5-14(13)31-15/h2-8,15H,9-10H2,1H3,(H,20,22,23). The Bertz CT molecular complexity index is 1210. The van der Waals surface area contributed by atoms with Gasteiger partial charge >= 0.3 is 5.97 Å². The molecule has 1 N–H and O–H groups in total. The second-order valence-electron chi connectivity index (χ2n) is 6.56. The zero-order valence-corrected chi connectivity index (χ0v) is 17.3. The first-order valence-electron chi connectivity index (χ1n) is 8.94. The summed E-state index contributed by atoms with van der Waals surface area (Å²) in [4.78, 5) is 45.8. The first-order valence-corrected chi connectivity index (χ1v) is 10.8. The summed E-state index contributed by atoms with van der Waals surface area (Å²) in [6, 6.07) is 9.29. The summed E-state index contributed by atoms with van der Waals surface area (Å²) < 4.78 is 38.8. The molecule has 12 nitrogen and oxygen atoms in total. The normalized spacial score (nSPS) is 14.8. The quantitative estimate of drug-likeness (QED) is 0.364. The third-order valence-electron chi connectivity index (χ3n) is 4.19. The first-order chi connectivity index (χ1) is 15.1. The molecule has 1 heterocycles. The van der Waals surface area contributed by atoms with Crippen molar-refractivity contribution in [2.75, 3.05) is 19.5 Å². The molecule has 32 heavy (non-hydrogen) atoms. The molecule has 0 radical (unpaired) electrons. The molecule has 3 rings (SSSR count). The van der Waals surface area contributed by atoms with E-state index in [4.69, 9.17) is 14.2 Å². The number of ether oxygens (including phenoxy) is 3. The Hall–Kier alpha value is -4.00. The van der Waals surface area contributed by atoms with Crippen LogP contribution in [0.5, 0.6) is 11.5 Å². The van der Waals surface area contributed by atoms with E-state index in [0.29, 0.717) is 11.5 Å². The van der Waals surface area contributed by atoms with Crippen molar-refractivity contribution < 1.29 is 41.9 Å². The van der Waals surface area contributed by atoms with Crippen molar-refractivity contribution >= 4 is 33.3 Å². The van der Waals surface area contributed by atoms with Crippen LogP contribution in [0.4, 0.5) is 5.69 Å². The summed E-state index contributed by atoms with van der Waals surface area (Å²) in [6.07, 6.45) is -0.315. The van der Waals surface area contributed by atoms with Crippen molar-refractivity contribution in [2.24, 2.45) is 0 Å². The van der Waals surface area contributed by atoms with Gasteiger partial charge in [-0.1, -0.05) is 12.1 Å². The van der Waals surface area contributed by atoms with Crippen LogP contribution in [0.3, 0.4) is 0 Å². The zero-order valence-electron chi connectivity index (χ0n) is 16.5. The summed E-state index contributed by atoms with van der Waals surface area (Å²) in [5.41, 5.74) is -1.15. The van der Waals surface area contributed by atoms with Crippen LogP contribution in [0.2, 0.25) is 0 Å². The van der Waals surface area contributed by atoms with E-state index in [2.05, 4.69) is 0 Å². The molecule has 2 aromatic rings. The average Bonchev–Trinajstić information content (AvgIpc) is 2.76. The van der Waals surface area contributed by atoms with Crippen molar-refractivity contribution in [3.8, 4) is 11.5 Å². The molecular weight excluding hydrogens is 448 g/mol. The molecule has 0 saturated heterocycles. The number of para-hydroxylation sites is 2. The maximum Gasteiger partial charge on any atom is 0.338 e. The third-order valence-corrected chi connectivity index (χ3v) is 5.33. The third kappa shape index (κ3) is 5.18. The maximum atomic E-state index is 12.2. The number of rotatable bonds is 6. The number of carbonyl (C=O) groups is 3. The Morgan fingerprint density at radius 1 is 1.19 bits per heavy atom. The van der Waals surface area contributed by atoms with Crippen LogP contribution in [0, 0.1) is 10.1 Å². The highest BCUT2D eigenvalue weighted by molar-refractivity contribution is 7.90. The van der Waals surface area contributed by atoms with E-state index < -0.39 is 55.8 Å². The fraction of sp³-hybridized carbons (Fsp3) is 0.211. The molecule has 0 fully saturated rings. The van der Waals surface area contributed by atoms with Crippen molar-refractivity contribution in [2.45, 2.75) is 11.0 Å². The summed E-state index contributed by atoms with van der Waals surface area (Å²) >= 11 is 0. The smallest absolute Gasteiger partial charge is 0.338 e. The van der Waals surface area contributed by atoms with E-state index in [1.54, 1.807) is 24.3 Å². The van der Waals surface area contributed by atoms with Crippen LogP contribution >= 0.6 is 0 Å². The van der Waals surface area contributed by atoms with Gasteiger partial charge in [-0.2, -0.15) is 0 Å². The van der Waals surface area contributed by atoms with Gasteiger partial charge in [0, 0.05) is 12.3 Å². The molecule has 0 aromatic heterocycles. The van der Waals surface area contributed by atoms with Gasteiger partial charge in [0.1, 0.15) is 11.5 Å². The second-order valence-corrected chi connectivity index (χ2v) is 8.55. The van der Waals surface area contributed by atoms with E-state index in [-0.39, 0.29) is 12.2 Å². The van der Waals surface area contributed by atoms with Gasteiger partial charge in [0.25, 0.3) is 17.5 Å². The Morgan fingerprint density at radius 3 is 2.53 bits per heavy atom. The number of amides is 2. The molecule has 0 spiro atoms. The summed E-state index contributed by atoms with van der Waals surface area (Å²) in [7, 11) is -3.91. The molecule has 1 unspecified atom stereocenters. The highest BCUT2D eigenvalue weighted by atomic mass is 32.2. The number of nitro groups is 1. The topological polar surface area (TPSA) is 168 Å². The van der Waals surface area contributed by atoms with E-state index in [1.807, 2.05) is 5.32 Å². The van der Waals surface area contributed by atoms with Gasteiger partial charge in [-0.15, -0.1) is 0 Å². The summed E-state index contributed by atoms with van der Waals surface area (Å²) in [5.74, 6) is -2.12. The predicted molar refractivity (Wildman–Crippen MR) is 106 cm³/mol. The summed E-state index contributed by atoms with van der Waals surface area (Å²) in [5, 5.41) is 13.1. The number of sulfone groups is 1. The van der Waals surface area contributed by atoms with E-state index in [9.17, 15) is 32.9 Å². The zero-order chi connectivity index (χ0) is 23.5. The number of imide groups is 1. The minimum Gasteiger partial charge on any atom is -0.485 e. The largest absolute Gasteiger partial charge is 0.485 e. The lowest BCUT2D eigenvalue weighted by Gasteiger charge is -2.25. The molecular formula is C19H16N2O10S. The fourth-order valence-electron chi connectivity index (χ4n) is 2.72. The molecule has 13 heteroatoms. The van der Waals surface area contributed by atoms with E-state index >= 15 is 0 Å². The Morgan fingerprint density at radius 2 is 1.88 bits per heavy atom. The SMILES string of the molecule is CS(=O)(=O)c1ccc(C(=O)OCC(=O)NC(=O)C2COc3ccccc3O2)cc1[N+](=O)[O-]. The lowest BCUT2D eigenvalue weighted by Crippen LogP contribution is -2.47. The van der Waals surface area contributed by atoms with Gasteiger partial charge in [0.2, 0.25) is 6.10 Å². The van der Waals surface area contributed by atoms with E-state index in [1.165, 1.54) is 0 Å². The first kappa shape index (κ1) is 22.7. The lowest BCUT2D eigenvalue weighted by atomic mass is 10.2. The molecule has 0 saturated carbocycles. The van der Waals surface area contributed by atoms with Crippen LogP contribution in [0.25, 0.3) is 0 Å². The van der Waals surface area contributed by atoms with Crippen LogP contribution < -0.4 is 14.8 Å². The van der Waals surface area contributed by atoms with Crippen LogP contribution in [0.1, 0.15) is 10.4 Å². The molecule has 1 aliphatic heterocycles. The fourth-order valence-corrected chi connectivity index (χ4v) is 3.55. The van der Waals surface area contributed by atoms with Crippen molar-refractivity contribution in [3.05, 3.63) is 58.1 Å². The van der Waals surface area contributed by atoms with Crippen LogP contribution in [0.15, 0.2) is 47.4 Å². The lowest BCUT2D eigenvalue weighted by molar-refractivity contribution is -0.387. The van der Waals surface area contributed by atoms with Crippen molar-refractivity contribution in [3.63, 3.8) is 0 Å².